The molecule has 0 spiro atoms. The first-order chi connectivity index (χ1) is 10.6. The number of amides is 3. The number of carbonyl (C=O) groups is 2. The van der Waals surface area contributed by atoms with Crippen LogP contribution in [0.2, 0.25) is 0 Å². The summed E-state index contributed by atoms with van der Waals surface area (Å²) in [6.45, 7) is 5.78. The van der Waals surface area contributed by atoms with Gasteiger partial charge in [-0.2, -0.15) is 0 Å². The number of anilines is 1. The van der Waals surface area contributed by atoms with Gasteiger partial charge in [0.1, 0.15) is 0 Å². The maximum atomic E-state index is 12.0. The van der Waals surface area contributed by atoms with Gasteiger partial charge in [0.25, 0.3) is 0 Å². The quantitative estimate of drug-likeness (QED) is 0.874. The SMILES string of the molecule is CC(C)CCNC(=O)NC(=O)CN1CCSc2ccccc21. The van der Waals surface area contributed by atoms with Crippen LogP contribution in [0, 0.1) is 5.92 Å². The van der Waals surface area contributed by atoms with E-state index in [0.29, 0.717) is 12.5 Å². The highest BCUT2D eigenvalue weighted by Crippen LogP contribution is 2.33. The van der Waals surface area contributed by atoms with Crippen molar-refractivity contribution in [1.29, 1.82) is 0 Å². The van der Waals surface area contributed by atoms with Gasteiger partial charge in [-0.1, -0.05) is 26.0 Å². The second-order valence-corrected chi connectivity index (χ2v) is 6.86. The predicted molar refractivity (Wildman–Crippen MR) is 90.4 cm³/mol. The van der Waals surface area contributed by atoms with Crippen molar-refractivity contribution in [3.8, 4) is 0 Å². The minimum absolute atomic E-state index is 0.204. The first-order valence-corrected chi connectivity index (χ1v) is 8.59. The van der Waals surface area contributed by atoms with E-state index in [2.05, 4.69) is 30.5 Å². The average Bonchev–Trinajstić information content (AvgIpc) is 2.47. The molecule has 1 heterocycles. The number of benzene rings is 1. The van der Waals surface area contributed by atoms with Crippen molar-refractivity contribution in [2.75, 3.05) is 30.3 Å². The maximum absolute atomic E-state index is 12.0. The van der Waals surface area contributed by atoms with Crippen molar-refractivity contribution in [3.05, 3.63) is 24.3 Å². The summed E-state index contributed by atoms with van der Waals surface area (Å²) in [4.78, 5) is 26.9. The molecule has 2 N–H and O–H groups in total. The Balaban J connectivity index is 1.82. The van der Waals surface area contributed by atoms with Gasteiger partial charge in [-0.3, -0.25) is 10.1 Å². The summed E-state index contributed by atoms with van der Waals surface area (Å²) in [5.74, 6) is 1.20. The Morgan fingerprint density at radius 1 is 1.32 bits per heavy atom. The summed E-state index contributed by atoms with van der Waals surface area (Å²) in [6.07, 6.45) is 0.901. The van der Waals surface area contributed by atoms with Gasteiger partial charge in [-0.15, -0.1) is 11.8 Å². The van der Waals surface area contributed by atoms with Crippen LogP contribution in [-0.2, 0) is 4.79 Å². The lowest BCUT2D eigenvalue weighted by molar-refractivity contribution is -0.118. The Morgan fingerprint density at radius 3 is 2.86 bits per heavy atom. The lowest BCUT2D eigenvalue weighted by atomic mass is 10.1. The minimum atomic E-state index is -0.412. The van der Waals surface area contributed by atoms with Crippen LogP contribution in [0.15, 0.2) is 29.2 Å². The second-order valence-electron chi connectivity index (χ2n) is 5.72. The van der Waals surface area contributed by atoms with Crippen molar-refractivity contribution in [2.24, 2.45) is 5.92 Å². The molecule has 22 heavy (non-hydrogen) atoms. The molecule has 0 unspecified atom stereocenters. The molecule has 0 atom stereocenters. The standard InChI is InChI=1S/C16H23N3O2S/c1-12(2)7-8-17-16(21)18-15(20)11-19-9-10-22-14-6-4-3-5-13(14)19/h3-6,12H,7-11H2,1-2H3,(H2,17,18,20,21). The molecule has 0 saturated heterocycles. The molecule has 6 heteroatoms. The summed E-state index contributed by atoms with van der Waals surface area (Å²) < 4.78 is 0. The highest BCUT2D eigenvalue weighted by molar-refractivity contribution is 7.99. The van der Waals surface area contributed by atoms with E-state index in [1.54, 1.807) is 11.8 Å². The van der Waals surface area contributed by atoms with Crippen molar-refractivity contribution in [1.82, 2.24) is 10.6 Å². The monoisotopic (exact) mass is 321 g/mol. The van der Waals surface area contributed by atoms with Gasteiger partial charge in [0, 0.05) is 23.7 Å². The van der Waals surface area contributed by atoms with Crippen molar-refractivity contribution >= 4 is 29.4 Å². The van der Waals surface area contributed by atoms with Crippen LogP contribution >= 0.6 is 11.8 Å². The third kappa shape index (κ3) is 4.94. The van der Waals surface area contributed by atoms with Crippen LogP contribution in [0.3, 0.4) is 0 Å². The van der Waals surface area contributed by atoms with Gasteiger partial charge in [-0.05, 0) is 24.5 Å². The molecule has 1 aliphatic heterocycles. The lowest BCUT2D eigenvalue weighted by Gasteiger charge is -2.30. The molecule has 120 valence electrons. The molecule has 5 nitrogen and oxygen atoms in total. The molecule has 0 radical (unpaired) electrons. The van der Waals surface area contributed by atoms with Crippen LogP contribution in [0.4, 0.5) is 10.5 Å². The number of para-hydroxylation sites is 1. The number of urea groups is 1. The number of rotatable bonds is 5. The molecule has 0 saturated carbocycles. The molecule has 0 aromatic heterocycles. The summed E-state index contributed by atoms with van der Waals surface area (Å²) >= 11 is 1.79. The fourth-order valence-corrected chi connectivity index (χ4v) is 3.30. The van der Waals surface area contributed by atoms with Crippen LogP contribution in [-0.4, -0.2) is 37.3 Å². The fraction of sp³-hybridized carbons (Fsp3) is 0.500. The Hall–Kier alpha value is -1.69. The largest absolute Gasteiger partial charge is 0.360 e. The first-order valence-electron chi connectivity index (χ1n) is 7.60. The van der Waals surface area contributed by atoms with Gasteiger partial charge < -0.3 is 10.2 Å². The Morgan fingerprint density at radius 2 is 2.09 bits per heavy atom. The molecule has 1 aromatic rings. The average molecular weight is 321 g/mol. The number of imide groups is 1. The summed E-state index contributed by atoms with van der Waals surface area (Å²) in [5.41, 5.74) is 1.06. The Labute approximate surface area is 135 Å². The van der Waals surface area contributed by atoms with E-state index in [1.165, 1.54) is 4.90 Å². The minimum Gasteiger partial charge on any atom is -0.360 e. The number of nitrogens with zero attached hydrogens (tertiary/aromatic N) is 1. The van der Waals surface area contributed by atoms with Crippen molar-refractivity contribution < 1.29 is 9.59 Å². The summed E-state index contributed by atoms with van der Waals surface area (Å²) in [7, 11) is 0. The fourth-order valence-electron chi connectivity index (χ4n) is 2.25. The van der Waals surface area contributed by atoms with E-state index in [9.17, 15) is 9.59 Å². The highest BCUT2D eigenvalue weighted by Gasteiger charge is 2.19. The Kier molecular flexibility index (Phi) is 6.12. The molecule has 0 fully saturated rings. The van der Waals surface area contributed by atoms with E-state index in [0.717, 1.165) is 24.4 Å². The van der Waals surface area contributed by atoms with E-state index >= 15 is 0 Å². The van der Waals surface area contributed by atoms with Crippen molar-refractivity contribution in [2.45, 2.75) is 25.2 Å². The zero-order valence-corrected chi connectivity index (χ0v) is 13.9. The third-order valence-electron chi connectivity index (χ3n) is 3.42. The first kappa shape index (κ1) is 16.7. The number of thioether (sulfide) groups is 1. The third-order valence-corrected chi connectivity index (χ3v) is 4.46. The predicted octanol–water partition coefficient (Wildman–Crippen LogP) is 2.47. The molecular formula is C16H23N3O2S. The number of carbonyl (C=O) groups excluding carboxylic acids is 2. The smallest absolute Gasteiger partial charge is 0.321 e. The normalized spacial score (nSPS) is 13.7. The number of fused-ring (bicyclic) bond motifs is 1. The molecule has 2 rings (SSSR count). The van der Waals surface area contributed by atoms with Gasteiger partial charge >= 0.3 is 6.03 Å². The van der Waals surface area contributed by atoms with Crippen LogP contribution in [0.25, 0.3) is 0 Å². The van der Waals surface area contributed by atoms with E-state index in [-0.39, 0.29) is 12.5 Å². The van der Waals surface area contributed by atoms with E-state index in [1.807, 2.05) is 23.1 Å². The lowest BCUT2D eigenvalue weighted by Crippen LogP contribution is -2.46. The van der Waals surface area contributed by atoms with Gasteiger partial charge in [-0.25, -0.2) is 4.79 Å². The second kappa shape index (κ2) is 8.08. The Bertz CT molecular complexity index is 534. The molecule has 3 amide bonds. The number of hydrogen-bond donors (Lipinski definition) is 2. The summed E-state index contributed by atoms with van der Waals surface area (Å²) in [5, 5.41) is 5.10. The zero-order valence-electron chi connectivity index (χ0n) is 13.1. The molecular weight excluding hydrogens is 298 g/mol. The highest BCUT2D eigenvalue weighted by atomic mass is 32.2. The maximum Gasteiger partial charge on any atom is 0.321 e. The van der Waals surface area contributed by atoms with E-state index < -0.39 is 6.03 Å². The molecule has 1 aromatic carbocycles. The number of nitrogens with one attached hydrogen (secondary N) is 2. The molecule has 1 aliphatic rings. The van der Waals surface area contributed by atoms with Gasteiger partial charge in [0.15, 0.2) is 0 Å². The number of hydrogen-bond acceptors (Lipinski definition) is 4. The van der Waals surface area contributed by atoms with Gasteiger partial charge in [0.2, 0.25) is 5.91 Å². The van der Waals surface area contributed by atoms with Crippen LogP contribution in [0.5, 0.6) is 0 Å². The topological polar surface area (TPSA) is 61.4 Å². The van der Waals surface area contributed by atoms with Crippen molar-refractivity contribution in [3.63, 3.8) is 0 Å². The zero-order chi connectivity index (χ0) is 15.9. The molecule has 0 aliphatic carbocycles. The van der Waals surface area contributed by atoms with Crippen LogP contribution in [0.1, 0.15) is 20.3 Å². The van der Waals surface area contributed by atoms with Gasteiger partial charge in [0.05, 0.1) is 12.2 Å². The molecule has 0 bridgehead atoms. The van der Waals surface area contributed by atoms with Crippen LogP contribution < -0.4 is 15.5 Å². The van der Waals surface area contributed by atoms with E-state index in [4.69, 9.17) is 0 Å². The summed E-state index contributed by atoms with van der Waals surface area (Å²) in [6, 6.07) is 7.62.